The number of methoxy groups -OCH3 is 1. The smallest absolute Gasteiger partial charge is 0.311 e. The summed E-state index contributed by atoms with van der Waals surface area (Å²) < 4.78 is 10.8. The predicted octanol–water partition coefficient (Wildman–Crippen LogP) is 5.19. The molecule has 0 aliphatic heterocycles. The number of nitro benzene ring substituents is 1. The van der Waals surface area contributed by atoms with E-state index in [2.05, 4.69) is 5.32 Å². The first kappa shape index (κ1) is 29.4. The lowest BCUT2D eigenvalue weighted by molar-refractivity contribution is -0.385. The monoisotopic (exact) mass is 553 g/mol. The third-order valence-corrected chi connectivity index (χ3v) is 6.15. The summed E-state index contributed by atoms with van der Waals surface area (Å²) >= 11 is 6.43. The molecule has 3 aromatic carbocycles. The van der Waals surface area contributed by atoms with Gasteiger partial charge in [-0.3, -0.25) is 19.7 Å². The molecule has 0 radical (unpaired) electrons. The fourth-order valence-corrected chi connectivity index (χ4v) is 4.14. The molecular formula is C29H32ClN3O6. The highest BCUT2D eigenvalue weighted by atomic mass is 35.5. The van der Waals surface area contributed by atoms with Crippen molar-refractivity contribution in [3.63, 3.8) is 0 Å². The van der Waals surface area contributed by atoms with Gasteiger partial charge in [0.2, 0.25) is 11.7 Å². The second-order valence-corrected chi connectivity index (χ2v) is 10.3. The van der Waals surface area contributed by atoms with Gasteiger partial charge < -0.3 is 19.7 Å². The molecule has 0 heterocycles. The van der Waals surface area contributed by atoms with Gasteiger partial charge in [-0.25, -0.2) is 0 Å². The van der Waals surface area contributed by atoms with Crippen molar-refractivity contribution in [2.75, 3.05) is 13.7 Å². The zero-order chi connectivity index (χ0) is 28.6. The first-order valence-corrected chi connectivity index (χ1v) is 12.7. The van der Waals surface area contributed by atoms with Gasteiger partial charge >= 0.3 is 5.69 Å². The fraction of sp³-hybridized carbons (Fsp3) is 0.310. The molecule has 10 heteroatoms. The second kappa shape index (κ2) is 13.1. The molecule has 1 N–H and O–H groups in total. The van der Waals surface area contributed by atoms with Crippen molar-refractivity contribution in [2.24, 2.45) is 0 Å². The number of halogens is 1. The maximum Gasteiger partial charge on any atom is 0.311 e. The molecule has 206 valence electrons. The summed E-state index contributed by atoms with van der Waals surface area (Å²) in [7, 11) is 1.31. The van der Waals surface area contributed by atoms with Crippen LogP contribution >= 0.6 is 11.6 Å². The Labute approximate surface area is 232 Å². The molecule has 0 aromatic heterocycles. The Morgan fingerprint density at radius 1 is 1.05 bits per heavy atom. The maximum atomic E-state index is 13.7. The highest BCUT2D eigenvalue weighted by molar-refractivity contribution is 6.31. The van der Waals surface area contributed by atoms with E-state index in [-0.39, 0.29) is 36.1 Å². The average molecular weight is 554 g/mol. The van der Waals surface area contributed by atoms with E-state index in [1.165, 1.54) is 30.2 Å². The van der Waals surface area contributed by atoms with Crippen LogP contribution in [0, 0.1) is 10.1 Å². The van der Waals surface area contributed by atoms with Crippen LogP contribution in [0.2, 0.25) is 5.02 Å². The molecular weight excluding hydrogens is 522 g/mol. The summed E-state index contributed by atoms with van der Waals surface area (Å²) in [6.45, 7) is 5.27. The van der Waals surface area contributed by atoms with Gasteiger partial charge in [0.15, 0.2) is 6.61 Å². The molecule has 0 saturated heterocycles. The zero-order valence-electron chi connectivity index (χ0n) is 22.3. The van der Waals surface area contributed by atoms with Gasteiger partial charge in [0.05, 0.1) is 12.0 Å². The topological polar surface area (TPSA) is 111 Å². The summed E-state index contributed by atoms with van der Waals surface area (Å²) in [5, 5.41) is 14.7. The zero-order valence-corrected chi connectivity index (χ0v) is 23.1. The minimum Gasteiger partial charge on any atom is -0.490 e. The molecule has 3 aromatic rings. The minimum absolute atomic E-state index is 0.00406. The summed E-state index contributed by atoms with van der Waals surface area (Å²) in [6.07, 6.45) is 0.268. The first-order valence-electron chi connectivity index (χ1n) is 12.3. The molecule has 9 nitrogen and oxygen atoms in total. The molecule has 0 saturated carbocycles. The summed E-state index contributed by atoms with van der Waals surface area (Å²) in [6, 6.07) is 19.7. The van der Waals surface area contributed by atoms with Crippen molar-refractivity contribution >= 4 is 29.1 Å². The van der Waals surface area contributed by atoms with E-state index in [1.807, 2.05) is 57.2 Å². The van der Waals surface area contributed by atoms with Crippen LogP contribution in [0.1, 0.15) is 31.9 Å². The lowest BCUT2D eigenvalue weighted by Gasteiger charge is -2.34. The number of hydrogen-bond acceptors (Lipinski definition) is 6. The Morgan fingerprint density at radius 3 is 2.33 bits per heavy atom. The van der Waals surface area contributed by atoms with E-state index in [4.69, 9.17) is 21.1 Å². The van der Waals surface area contributed by atoms with Crippen LogP contribution in [0.4, 0.5) is 5.69 Å². The quantitative estimate of drug-likeness (QED) is 0.258. The van der Waals surface area contributed by atoms with Gasteiger partial charge in [-0.1, -0.05) is 60.1 Å². The number of amides is 2. The molecule has 2 amide bonds. The van der Waals surface area contributed by atoms with Gasteiger partial charge in [-0.2, -0.15) is 0 Å². The van der Waals surface area contributed by atoms with E-state index in [0.717, 1.165) is 5.56 Å². The number of carbonyl (C=O) groups excluding carboxylic acids is 2. The highest BCUT2D eigenvalue weighted by Crippen LogP contribution is 2.31. The van der Waals surface area contributed by atoms with Gasteiger partial charge in [0, 0.05) is 35.7 Å². The third kappa shape index (κ3) is 8.44. The van der Waals surface area contributed by atoms with Gasteiger partial charge in [0.25, 0.3) is 5.91 Å². The van der Waals surface area contributed by atoms with E-state index in [1.54, 1.807) is 18.2 Å². The molecule has 0 bridgehead atoms. The van der Waals surface area contributed by atoms with E-state index >= 15 is 0 Å². The van der Waals surface area contributed by atoms with Crippen LogP contribution in [0.5, 0.6) is 11.5 Å². The van der Waals surface area contributed by atoms with E-state index in [0.29, 0.717) is 10.6 Å². The molecule has 0 aliphatic carbocycles. The lowest BCUT2D eigenvalue weighted by Crippen LogP contribution is -2.55. The number of rotatable bonds is 11. The number of hydrogen-bond donors (Lipinski definition) is 1. The van der Waals surface area contributed by atoms with Crippen molar-refractivity contribution < 1.29 is 24.0 Å². The fourth-order valence-electron chi connectivity index (χ4n) is 3.94. The van der Waals surface area contributed by atoms with E-state index in [9.17, 15) is 19.7 Å². The van der Waals surface area contributed by atoms with Crippen molar-refractivity contribution in [3.05, 3.63) is 99.1 Å². The first-order chi connectivity index (χ1) is 18.5. The van der Waals surface area contributed by atoms with Gasteiger partial charge in [0.1, 0.15) is 11.8 Å². The Bertz CT molecular complexity index is 1310. The molecule has 1 atom stereocenters. The molecule has 3 rings (SSSR count). The van der Waals surface area contributed by atoms with Crippen LogP contribution in [0.15, 0.2) is 72.8 Å². The van der Waals surface area contributed by atoms with Crippen molar-refractivity contribution in [3.8, 4) is 11.5 Å². The number of carbonyl (C=O) groups is 2. The molecule has 0 fully saturated rings. The highest BCUT2D eigenvalue weighted by Gasteiger charge is 2.33. The Balaban J connectivity index is 1.94. The maximum absolute atomic E-state index is 13.7. The second-order valence-electron chi connectivity index (χ2n) is 9.94. The predicted molar refractivity (Wildman–Crippen MR) is 149 cm³/mol. The van der Waals surface area contributed by atoms with Crippen LogP contribution in [-0.2, 0) is 22.6 Å². The largest absolute Gasteiger partial charge is 0.490 e. The average Bonchev–Trinajstić information content (AvgIpc) is 2.89. The number of nitrogens with zero attached hydrogens (tertiary/aromatic N) is 2. The van der Waals surface area contributed by atoms with Crippen LogP contribution in [0.25, 0.3) is 0 Å². The summed E-state index contributed by atoms with van der Waals surface area (Å²) in [5.74, 6) is -0.562. The van der Waals surface area contributed by atoms with Crippen molar-refractivity contribution in [2.45, 2.75) is 45.3 Å². The van der Waals surface area contributed by atoms with Crippen molar-refractivity contribution in [1.29, 1.82) is 0 Å². The third-order valence-electron chi connectivity index (χ3n) is 5.78. The Morgan fingerprint density at radius 2 is 1.72 bits per heavy atom. The summed E-state index contributed by atoms with van der Waals surface area (Å²) in [4.78, 5) is 39.4. The summed E-state index contributed by atoms with van der Waals surface area (Å²) in [5.41, 5.74) is 0.797. The molecule has 39 heavy (non-hydrogen) atoms. The number of benzene rings is 3. The number of nitrogens with one attached hydrogen (secondary N) is 1. The standard InChI is InChI=1S/C29H32ClN3O6/c1-29(2,3)31-28(35)25(16-20-10-6-5-7-11-20)32(18-21-12-8-9-13-23(21)30)27(34)19-39-22-14-15-24(33(36)37)26(17-22)38-4/h5-15,17,25H,16,18-19H2,1-4H3,(H,31,35). The van der Waals surface area contributed by atoms with Gasteiger partial charge in [-0.15, -0.1) is 0 Å². The van der Waals surface area contributed by atoms with E-state index < -0.39 is 29.0 Å². The lowest BCUT2D eigenvalue weighted by atomic mass is 10.0. The molecule has 1 unspecified atom stereocenters. The molecule has 0 spiro atoms. The minimum atomic E-state index is -0.870. The van der Waals surface area contributed by atoms with Gasteiger partial charge in [-0.05, 0) is 44.0 Å². The van der Waals surface area contributed by atoms with Crippen molar-refractivity contribution in [1.82, 2.24) is 10.2 Å². The Kier molecular flexibility index (Phi) is 9.89. The van der Waals surface area contributed by atoms with Crippen LogP contribution in [-0.4, -0.2) is 46.9 Å². The number of ether oxygens (including phenoxy) is 2. The Hall–Kier alpha value is -4.11. The van der Waals surface area contributed by atoms with Crippen LogP contribution < -0.4 is 14.8 Å². The van der Waals surface area contributed by atoms with Crippen LogP contribution in [0.3, 0.4) is 0 Å². The number of nitro groups is 1. The molecule has 0 aliphatic rings. The SMILES string of the molecule is COc1cc(OCC(=O)N(Cc2ccccc2Cl)C(Cc2ccccc2)C(=O)NC(C)(C)C)ccc1[N+](=O)[O-]. The normalized spacial score (nSPS) is 11.8.